The molecule has 0 radical (unpaired) electrons. The summed E-state index contributed by atoms with van der Waals surface area (Å²) in [4.78, 5) is 12.7. The molecule has 3 rings (SSSR count). The topological polar surface area (TPSA) is 59.0 Å². The van der Waals surface area contributed by atoms with Gasteiger partial charge < -0.3 is 10.6 Å². The van der Waals surface area contributed by atoms with Crippen LogP contribution in [0.15, 0.2) is 18.5 Å². The number of amides is 1. The Labute approximate surface area is 113 Å². The van der Waals surface area contributed by atoms with Gasteiger partial charge in [-0.2, -0.15) is 5.10 Å². The Morgan fingerprint density at radius 1 is 1.53 bits per heavy atom. The summed E-state index contributed by atoms with van der Waals surface area (Å²) in [6, 6.07) is 1.89. The van der Waals surface area contributed by atoms with Crippen molar-refractivity contribution in [2.75, 3.05) is 19.6 Å². The Hall–Kier alpha value is -1.36. The maximum absolute atomic E-state index is 12.7. The third kappa shape index (κ3) is 2.39. The van der Waals surface area contributed by atoms with Crippen molar-refractivity contribution in [3.8, 4) is 0 Å². The zero-order chi connectivity index (χ0) is 13.3. The summed E-state index contributed by atoms with van der Waals surface area (Å²) < 4.78 is 1.85. The molecule has 1 aromatic heterocycles. The Bertz CT molecular complexity index is 436. The quantitative estimate of drug-likeness (QED) is 0.841. The van der Waals surface area contributed by atoms with Gasteiger partial charge >= 0.3 is 0 Å². The van der Waals surface area contributed by atoms with Crippen molar-refractivity contribution in [3.05, 3.63) is 18.5 Å². The predicted molar refractivity (Wildman–Crippen MR) is 72.6 cm³/mol. The minimum Gasteiger partial charge on any atom is -0.354 e. The second-order valence-electron chi connectivity index (χ2n) is 5.92. The van der Waals surface area contributed by atoms with Gasteiger partial charge in [-0.25, -0.2) is 0 Å². The molecule has 0 spiro atoms. The Kier molecular flexibility index (Phi) is 3.31. The largest absolute Gasteiger partial charge is 0.354 e. The molecule has 0 aromatic carbocycles. The third-order valence-corrected chi connectivity index (χ3v) is 4.60. The first-order valence-corrected chi connectivity index (χ1v) is 7.21. The van der Waals surface area contributed by atoms with Crippen molar-refractivity contribution in [1.82, 2.24) is 20.4 Å². The lowest BCUT2D eigenvalue weighted by Gasteiger charge is -2.36. The van der Waals surface area contributed by atoms with Crippen LogP contribution in [0.5, 0.6) is 0 Å². The Balaban J connectivity index is 1.73. The van der Waals surface area contributed by atoms with E-state index in [0.29, 0.717) is 5.92 Å². The minimum absolute atomic E-state index is 0.136. The molecule has 1 aliphatic carbocycles. The Morgan fingerprint density at radius 3 is 2.84 bits per heavy atom. The average molecular weight is 262 g/mol. The lowest BCUT2D eigenvalue weighted by Crippen LogP contribution is -2.54. The molecule has 5 heteroatoms. The molecule has 1 saturated carbocycles. The summed E-state index contributed by atoms with van der Waals surface area (Å²) in [5.74, 6) is 1.59. The predicted octanol–water partition coefficient (Wildman–Crippen LogP) is 0.734. The van der Waals surface area contributed by atoms with Crippen molar-refractivity contribution in [2.24, 2.45) is 11.8 Å². The van der Waals surface area contributed by atoms with Crippen LogP contribution >= 0.6 is 0 Å². The van der Waals surface area contributed by atoms with E-state index >= 15 is 0 Å². The van der Waals surface area contributed by atoms with E-state index in [0.717, 1.165) is 38.4 Å². The van der Waals surface area contributed by atoms with Crippen LogP contribution in [0.2, 0.25) is 0 Å². The second kappa shape index (κ2) is 4.96. The van der Waals surface area contributed by atoms with Gasteiger partial charge in [0.25, 0.3) is 0 Å². The zero-order valence-electron chi connectivity index (χ0n) is 11.4. The number of nitrogens with one attached hydrogen (secondary N) is 2. The number of hydrogen-bond donors (Lipinski definition) is 2. The fraction of sp³-hybridized carbons (Fsp3) is 0.714. The van der Waals surface area contributed by atoms with Gasteiger partial charge in [0.2, 0.25) is 5.91 Å². The maximum atomic E-state index is 12.7. The zero-order valence-corrected chi connectivity index (χ0v) is 11.4. The summed E-state index contributed by atoms with van der Waals surface area (Å²) in [7, 11) is 0. The smallest absolute Gasteiger partial charge is 0.248 e. The molecule has 19 heavy (non-hydrogen) atoms. The van der Waals surface area contributed by atoms with Crippen molar-refractivity contribution in [3.63, 3.8) is 0 Å². The molecule has 2 aliphatic rings. The van der Waals surface area contributed by atoms with E-state index in [1.54, 1.807) is 6.20 Å². The number of aromatic nitrogens is 2. The first-order valence-electron chi connectivity index (χ1n) is 7.21. The number of carbonyl (C=O) groups is 1. The molecule has 1 aromatic rings. The highest BCUT2D eigenvalue weighted by Crippen LogP contribution is 2.37. The molecular weight excluding hydrogens is 240 g/mol. The third-order valence-electron chi connectivity index (χ3n) is 4.60. The van der Waals surface area contributed by atoms with Gasteiger partial charge in [0.05, 0.1) is 0 Å². The van der Waals surface area contributed by atoms with Gasteiger partial charge in [0, 0.05) is 18.9 Å². The van der Waals surface area contributed by atoms with Crippen LogP contribution in [0.4, 0.5) is 0 Å². The van der Waals surface area contributed by atoms with Crippen molar-refractivity contribution in [1.29, 1.82) is 0 Å². The molecule has 0 bridgehead atoms. The summed E-state index contributed by atoms with van der Waals surface area (Å²) >= 11 is 0. The Morgan fingerprint density at radius 2 is 2.26 bits per heavy atom. The number of carbonyl (C=O) groups excluding carboxylic acids is 1. The number of hydrogen-bond acceptors (Lipinski definition) is 3. The highest BCUT2D eigenvalue weighted by molar-refractivity contribution is 5.84. The minimum atomic E-state index is -0.493. The fourth-order valence-electron chi connectivity index (χ4n) is 2.99. The van der Waals surface area contributed by atoms with E-state index in [-0.39, 0.29) is 5.91 Å². The van der Waals surface area contributed by atoms with Crippen LogP contribution < -0.4 is 10.6 Å². The van der Waals surface area contributed by atoms with Gasteiger partial charge in [0.1, 0.15) is 5.54 Å². The molecule has 1 saturated heterocycles. The second-order valence-corrected chi connectivity index (χ2v) is 5.92. The van der Waals surface area contributed by atoms with Crippen LogP contribution in [-0.2, 0) is 10.3 Å². The van der Waals surface area contributed by atoms with E-state index < -0.39 is 5.54 Å². The molecule has 2 heterocycles. The molecule has 104 valence electrons. The number of rotatable bonds is 4. The van der Waals surface area contributed by atoms with E-state index in [2.05, 4.69) is 22.7 Å². The molecule has 2 fully saturated rings. The average Bonchev–Trinajstić information content (AvgIpc) is 2.94. The summed E-state index contributed by atoms with van der Waals surface area (Å²) in [6.45, 7) is 4.79. The van der Waals surface area contributed by atoms with E-state index in [1.807, 2.05) is 16.9 Å². The standard InChI is InChI=1S/C14H22N4O/c1-11-9-12(11)10-16-13(19)14(3-6-15-7-4-14)18-8-2-5-17-18/h2,5,8,11-12,15H,3-4,6-7,9-10H2,1H3,(H,16,19). The van der Waals surface area contributed by atoms with Gasteiger partial charge in [-0.1, -0.05) is 6.92 Å². The lowest BCUT2D eigenvalue weighted by atomic mass is 9.87. The molecule has 1 aliphatic heterocycles. The van der Waals surface area contributed by atoms with Crippen LogP contribution in [0.25, 0.3) is 0 Å². The summed E-state index contributed by atoms with van der Waals surface area (Å²) in [5.41, 5.74) is -0.493. The van der Waals surface area contributed by atoms with Crippen molar-refractivity contribution >= 4 is 5.91 Å². The molecule has 5 nitrogen and oxygen atoms in total. The summed E-state index contributed by atoms with van der Waals surface area (Å²) in [5, 5.41) is 10.8. The van der Waals surface area contributed by atoms with Gasteiger partial charge in [-0.15, -0.1) is 0 Å². The van der Waals surface area contributed by atoms with Crippen LogP contribution in [0, 0.1) is 11.8 Å². The maximum Gasteiger partial charge on any atom is 0.248 e. The summed E-state index contributed by atoms with van der Waals surface area (Å²) in [6.07, 6.45) is 6.52. The first kappa shape index (κ1) is 12.7. The number of nitrogens with zero attached hydrogens (tertiary/aromatic N) is 2. The molecule has 2 atom stereocenters. The van der Waals surface area contributed by atoms with Crippen LogP contribution in [0.1, 0.15) is 26.2 Å². The van der Waals surface area contributed by atoms with E-state index in [1.165, 1.54) is 6.42 Å². The molecule has 2 unspecified atom stereocenters. The lowest BCUT2D eigenvalue weighted by molar-refractivity contribution is -0.132. The van der Waals surface area contributed by atoms with E-state index in [9.17, 15) is 4.79 Å². The first-order chi connectivity index (χ1) is 9.22. The monoisotopic (exact) mass is 262 g/mol. The fourth-order valence-corrected chi connectivity index (χ4v) is 2.99. The van der Waals surface area contributed by atoms with Gasteiger partial charge in [-0.05, 0) is 50.3 Å². The van der Waals surface area contributed by atoms with Crippen LogP contribution in [0.3, 0.4) is 0 Å². The highest BCUT2D eigenvalue weighted by atomic mass is 16.2. The number of piperidine rings is 1. The molecular formula is C14H22N4O. The highest BCUT2D eigenvalue weighted by Gasteiger charge is 2.43. The molecule has 2 N–H and O–H groups in total. The van der Waals surface area contributed by atoms with Crippen molar-refractivity contribution < 1.29 is 4.79 Å². The van der Waals surface area contributed by atoms with Gasteiger partial charge in [-0.3, -0.25) is 9.48 Å². The SMILES string of the molecule is CC1CC1CNC(=O)C1(n2cccn2)CCNCC1. The van der Waals surface area contributed by atoms with Gasteiger partial charge in [0.15, 0.2) is 0 Å². The molecule has 1 amide bonds. The van der Waals surface area contributed by atoms with E-state index in [4.69, 9.17) is 0 Å². The van der Waals surface area contributed by atoms with Crippen molar-refractivity contribution in [2.45, 2.75) is 31.7 Å². The normalized spacial score (nSPS) is 28.9. The van der Waals surface area contributed by atoms with Crippen LogP contribution in [-0.4, -0.2) is 35.3 Å².